The van der Waals surface area contributed by atoms with E-state index in [2.05, 4.69) is 27.3 Å². The number of methoxy groups -OCH3 is 1. The SMILES string of the molecule is COC(=O)C[C@H](N)c1cc(I)ccc1F.Cl. The van der Waals surface area contributed by atoms with E-state index in [-0.39, 0.29) is 18.8 Å². The Morgan fingerprint density at radius 3 is 2.81 bits per heavy atom. The van der Waals surface area contributed by atoms with Gasteiger partial charge >= 0.3 is 5.97 Å². The molecule has 16 heavy (non-hydrogen) atoms. The number of esters is 1. The molecule has 2 N–H and O–H groups in total. The first-order chi connectivity index (χ1) is 7.04. The van der Waals surface area contributed by atoms with E-state index >= 15 is 0 Å². The predicted octanol–water partition coefficient (Wildman–Crippen LogP) is 2.42. The maximum atomic E-state index is 13.3. The maximum absolute atomic E-state index is 13.3. The van der Waals surface area contributed by atoms with E-state index in [0.717, 1.165) is 3.57 Å². The largest absolute Gasteiger partial charge is 0.469 e. The molecule has 0 aromatic heterocycles. The summed E-state index contributed by atoms with van der Waals surface area (Å²) >= 11 is 2.06. The van der Waals surface area contributed by atoms with Crippen molar-refractivity contribution >= 4 is 41.0 Å². The van der Waals surface area contributed by atoms with Crippen LogP contribution in [-0.2, 0) is 9.53 Å². The van der Waals surface area contributed by atoms with Crippen LogP contribution in [0.4, 0.5) is 4.39 Å². The summed E-state index contributed by atoms with van der Waals surface area (Å²) in [6, 6.07) is 3.95. The summed E-state index contributed by atoms with van der Waals surface area (Å²) in [5, 5.41) is 0. The second-order valence-electron chi connectivity index (χ2n) is 3.05. The topological polar surface area (TPSA) is 52.3 Å². The lowest BCUT2D eigenvalue weighted by Gasteiger charge is -2.11. The number of hydrogen-bond donors (Lipinski definition) is 1. The lowest BCUT2D eigenvalue weighted by molar-refractivity contribution is -0.141. The number of benzene rings is 1. The van der Waals surface area contributed by atoms with Gasteiger partial charge in [-0.1, -0.05) is 0 Å². The monoisotopic (exact) mass is 359 g/mol. The van der Waals surface area contributed by atoms with Crippen LogP contribution in [0.1, 0.15) is 18.0 Å². The fourth-order valence-corrected chi connectivity index (χ4v) is 1.69. The molecule has 1 rings (SSSR count). The highest BCUT2D eigenvalue weighted by molar-refractivity contribution is 14.1. The van der Waals surface area contributed by atoms with Gasteiger partial charge in [-0.15, -0.1) is 12.4 Å². The van der Waals surface area contributed by atoms with E-state index in [9.17, 15) is 9.18 Å². The predicted molar refractivity (Wildman–Crippen MR) is 69.9 cm³/mol. The Kier molecular flexibility index (Phi) is 6.85. The van der Waals surface area contributed by atoms with Crippen LogP contribution in [0.3, 0.4) is 0 Å². The molecule has 0 aliphatic rings. The zero-order chi connectivity index (χ0) is 11.4. The normalized spacial score (nSPS) is 11.5. The fraction of sp³-hybridized carbons (Fsp3) is 0.300. The van der Waals surface area contributed by atoms with Gasteiger partial charge in [0.15, 0.2) is 0 Å². The average Bonchev–Trinajstić information content (AvgIpc) is 2.21. The third kappa shape index (κ3) is 4.23. The molecule has 0 saturated carbocycles. The molecular formula is C10H12ClFINO2. The average molecular weight is 360 g/mol. The minimum Gasteiger partial charge on any atom is -0.469 e. The second kappa shape index (κ2) is 7.03. The Balaban J connectivity index is 0.00000225. The highest BCUT2D eigenvalue weighted by Crippen LogP contribution is 2.20. The second-order valence-corrected chi connectivity index (χ2v) is 4.30. The van der Waals surface area contributed by atoms with Crippen LogP contribution < -0.4 is 5.73 Å². The van der Waals surface area contributed by atoms with Gasteiger partial charge in [0.25, 0.3) is 0 Å². The van der Waals surface area contributed by atoms with Gasteiger partial charge in [0.2, 0.25) is 0 Å². The Morgan fingerprint density at radius 1 is 1.62 bits per heavy atom. The number of carbonyl (C=O) groups excluding carboxylic acids is 1. The molecule has 1 aromatic rings. The number of hydrogen-bond acceptors (Lipinski definition) is 3. The van der Waals surface area contributed by atoms with Crippen molar-refractivity contribution in [2.24, 2.45) is 5.73 Å². The molecule has 1 atom stereocenters. The molecule has 0 saturated heterocycles. The summed E-state index contributed by atoms with van der Waals surface area (Å²) in [5.41, 5.74) is 6.04. The van der Waals surface area contributed by atoms with Gasteiger partial charge in [0, 0.05) is 15.2 Å². The molecule has 90 valence electrons. The molecule has 0 aliphatic heterocycles. The van der Waals surface area contributed by atoms with Gasteiger partial charge in [-0.3, -0.25) is 4.79 Å². The number of rotatable bonds is 3. The van der Waals surface area contributed by atoms with Crippen molar-refractivity contribution < 1.29 is 13.9 Å². The van der Waals surface area contributed by atoms with Gasteiger partial charge in [-0.25, -0.2) is 4.39 Å². The summed E-state index contributed by atoms with van der Waals surface area (Å²) < 4.78 is 18.7. The summed E-state index contributed by atoms with van der Waals surface area (Å²) in [6.07, 6.45) is -0.0203. The molecule has 0 amide bonds. The van der Waals surface area contributed by atoms with Crippen molar-refractivity contribution in [2.75, 3.05) is 7.11 Å². The molecule has 0 unspecified atom stereocenters. The van der Waals surface area contributed by atoms with Crippen molar-refractivity contribution in [3.8, 4) is 0 Å². The smallest absolute Gasteiger partial charge is 0.307 e. The van der Waals surface area contributed by atoms with Crippen LogP contribution in [0, 0.1) is 9.39 Å². The van der Waals surface area contributed by atoms with Crippen molar-refractivity contribution in [1.82, 2.24) is 0 Å². The Bertz CT molecular complexity index is 376. The van der Waals surface area contributed by atoms with Crippen LogP contribution in [0.25, 0.3) is 0 Å². The summed E-state index contributed by atoms with van der Waals surface area (Å²) in [6.45, 7) is 0. The van der Waals surface area contributed by atoms with Crippen LogP contribution in [-0.4, -0.2) is 13.1 Å². The standard InChI is InChI=1S/C10H11FINO2.ClH/c1-15-10(14)5-9(13)7-4-6(12)2-3-8(7)11;/h2-4,9H,5,13H2,1H3;1H/t9-;/m0./s1. The number of ether oxygens (including phenoxy) is 1. The first kappa shape index (κ1) is 15.6. The minimum atomic E-state index is -0.660. The maximum Gasteiger partial charge on any atom is 0.307 e. The van der Waals surface area contributed by atoms with Gasteiger partial charge in [-0.05, 0) is 40.8 Å². The third-order valence-electron chi connectivity index (χ3n) is 1.97. The first-order valence-electron chi connectivity index (χ1n) is 4.32. The molecule has 0 bridgehead atoms. The Morgan fingerprint density at radius 2 is 2.25 bits per heavy atom. The number of nitrogens with two attached hydrogens (primary N) is 1. The van der Waals surface area contributed by atoms with Gasteiger partial charge < -0.3 is 10.5 Å². The molecule has 0 fully saturated rings. The quantitative estimate of drug-likeness (QED) is 0.666. The number of carbonyl (C=O) groups is 1. The van der Waals surface area contributed by atoms with E-state index in [4.69, 9.17) is 5.73 Å². The minimum absolute atomic E-state index is 0. The van der Waals surface area contributed by atoms with Crippen LogP contribution in [0.5, 0.6) is 0 Å². The molecule has 1 aromatic carbocycles. The molecule has 0 radical (unpaired) electrons. The van der Waals surface area contributed by atoms with Crippen molar-refractivity contribution in [3.05, 3.63) is 33.1 Å². The highest BCUT2D eigenvalue weighted by Gasteiger charge is 2.15. The van der Waals surface area contributed by atoms with Crippen LogP contribution in [0.15, 0.2) is 18.2 Å². The van der Waals surface area contributed by atoms with Gasteiger partial charge in [0.1, 0.15) is 5.82 Å². The molecular weight excluding hydrogens is 347 g/mol. The molecule has 0 heterocycles. The van der Waals surface area contributed by atoms with E-state index < -0.39 is 17.8 Å². The Hall–Kier alpha value is -0.400. The van der Waals surface area contributed by atoms with Crippen LogP contribution >= 0.6 is 35.0 Å². The number of halogens is 3. The molecule has 0 aliphatic carbocycles. The van der Waals surface area contributed by atoms with Crippen molar-refractivity contribution in [1.29, 1.82) is 0 Å². The van der Waals surface area contributed by atoms with E-state index in [1.165, 1.54) is 13.2 Å². The zero-order valence-corrected chi connectivity index (χ0v) is 11.5. The van der Waals surface area contributed by atoms with Crippen molar-refractivity contribution in [2.45, 2.75) is 12.5 Å². The summed E-state index contributed by atoms with van der Waals surface area (Å²) in [5.74, 6) is -0.840. The lowest BCUT2D eigenvalue weighted by atomic mass is 10.0. The first-order valence-corrected chi connectivity index (χ1v) is 5.40. The van der Waals surface area contributed by atoms with Gasteiger partial charge in [-0.2, -0.15) is 0 Å². The van der Waals surface area contributed by atoms with E-state index in [0.29, 0.717) is 5.56 Å². The molecule has 0 spiro atoms. The Labute approximate surface area is 113 Å². The summed E-state index contributed by atoms with van der Waals surface area (Å²) in [7, 11) is 1.28. The molecule has 3 nitrogen and oxygen atoms in total. The van der Waals surface area contributed by atoms with Gasteiger partial charge in [0.05, 0.1) is 13.5 Å². The highest BCUT2D eigenvalue weighted by atomic mass is 127. The fourth-order valence-electron chi connectivity index (χ4n) is 1.17. The van der Waals surface area contributed by atoms with Crippen LogP contribution in [0.2, 0.25) is 0 Å². The van der Waals surface area contributed by atoms with E-state index in [1.807, 2.05) is 0 Å². The summed E-state index contributed by atoms with van der Waals surface area (Å²) in [4.78, 5) is 11.0. The molecule has 6 heteroatoms. The lowest BCUT2D eigenvalue weighted by Crippen LogP contribution is -2.17. The zero-order valence-electron chi connectivity index (χ0n) is 8.57. The van der Waals surface area contributed by atoms with Crippen molar-refractivity contribution in [3.63, 3.8) is 0 Å². The van der Waals surface area contributed by atoms with E-state index in [1.54, 1.807) is 12.1 Å². The third-order valence-corrected chi connectivity index (χ3v) is 2.64.